The first-order valence-corrected chi connectivity index (χ1v) is 9.33. The lowest BCUT2D eigenvalue weighted by atomic mass is 10.2. The van der Waals surface area contributed by atoms with Gasteiger partial charge in [0.05, 0.1) is 12.8 Å². The second-order valence-corrected chi connectivity index (χ2v) is 7.08. The number of benzene rings is 1. The van der Waals surface area contributed by atoms with Gasteiger partial charge in [-0.2, -0.15) is 0 Å². The van der Waals surface area contributed by atoms with E-state index < -0.39 is 5.25 Å². The molecule has 0 bridgehead atoms. The third kappa shape index (κ3) is 4.46. The van der Waals surface area contributed by atoms with Gasteiger partial charge in [0, 0.05) is 30.6 Å². The first kappa shape index (κ1) is 19.6. The van der Waals surface area contributed by atoms with Gasteiger partial charge in [-0.25, -0.2) is 0 Å². The Morgan fingerprint density at radius 1 is 1.44 bits per heavy atom. The summed E-state index contributed by atoms with van der Waals surface area (Å²) in [6.07, 6.45) is 0.0769. The molecule has 1 fully saturated rings. The van der Waals surface area contributed by atoms with Gasteiger partial charge in [0.25, 0.3) is 0 Å². The Bertz CT molecular complexity index is 709. The zero-order chi connectivity index (χ0) is 18.6. The van der Waals surface area contributed by atoms with Crippen molar-refractivity contribution >= 4 is 46.0 Å². The van der Waals surface area contributed by atoms with Crippen molar-refractivity contribution in [3.05, 3.63) is 22.7 Å². The maximum atomic E-state index is 12.4. The van der Waals surface area contributed by atoms with Crippen LogP contribution in [0.1, 0.15) is 25.8 Å². The predicted octanol–water partition coefficient (Wildman–Crippen LogP) is 3.33. The van der Waals surface area contributed by atoms with Crippen molar-refractivity contribution < 1.29 is 14.3 Å². The third-order valence-corrected chi connectivity index (χ3v) is 5.38. The number of ether oxygens (including phenoxy) is 1. The van der Waals surface area contributed by atoms with Crippen LogP contribution in [0.4, 0.5) is 5.69 Å². The topological polar surface area (TPSA) is 71.0 Å². The molecule has 0 aromatic heterocycles. The van der Waals surface area contributed by atoms with Crippen LogP contribution in [-0.2, 0) is 9.59 Å². The lowest BCUT2D eigenvalue weighted by molar-refractivity contribution is -0.128. The van der Waals surface area contributed by atoms with E-state index in [1.165, 1.54) is 18.9 Å². The number of carbonyl (C=O) groups excluding carboxylic acids is 2. The van der Waals surface area contributed by atoms with Gasteiger partial charge in [-0.15, -0.1) is 0 Å². The average molecular weight is 384 g/mol. The van der Waals surface area contributed by atoms with Crippen LogP contribution in [-0.4, -0.2) is 47.3 Å². The largest absolute Gasteiger partial charge is 0.495 e. The molecule has 1 aromatic rings. The molecule has 1 aromatic carbocycles. The minimum atomic E-state index is -0.454. The summed E-state index contributed by atoms with van der Waals surface area (Å²) in [6, 6.07) is 3.41. The molecule has 0 aliphatic carbocycles. The lowest BCUT2D eigenvalue weighted by Gasteiger charge is -2.14. The molecule has 25 heavy (non-hydrogen) atoms. The van der Waals surface area contributed by atoms with E-state index in [2.05, 4.69) is 10.3 Å². The van der Waals surface area contributed by atoms with Crippen molar-refractivity contribution in [2.24, 2.45) is 4.99 Å². The van der Waals surface area contributed by atoms with Crippen LogP contribution in [0.5, 0.6) is 5.75 Å². The van der Waals surface area contributed by atoms with Gasteiger partial charge in [-0.1, -0.05) is 23.4 Å². The molecule has 1 saturated heterocycles. The van der Waals surface area contributed by atoms with Gasteiger partial charge in [-0.05, 0) is 32.4 Å². The summed E-state index contributed by atoms with van der Waals surface area (Å²) >= 11 is 7.42. The van der Waals surface area contributed by atoms with E-state index in [1.54, 1.807) is 17.0 Å². The highest BCUT2D eigenvalue weighted by Crippen LogP contribution is 2.33. The fourth-order valence-electron chi connectivity index (χ4n) is 2.49. The van der Waals surface area contributed by atoms with E-state index in [1.807, 2.05) is 20.8 Å². The number of anilines is 1. The fourth-order valence-corrected chi connectivity index (χ4v) is 3.91. The lowest BCUT2D eigenvalue weighted by Crippen LogP contribution is -2.33. The van der Waals surface area contributed by atoms with Crippen molar-refractivity contribution in [1.82, 2.24) is 4.90 Å². The summed E-state index contributed by atoms with van der Waals surface area (Å²) in [5.41, 5.74) is 1.37. The standard InChI is InChI=1S/C17H22ClN3O3S/c1-5-19-17-21(6-2)16(23)14(25-17)9-15(22)20-12-7-10(3)11(18)8-13(12)24-4/h7-8,14H,5-6,9H2,1-4H3,(H,20,22)/t14-/m1/s1. The molecule has 0 unspecified atom stereocenters. The first-order chi connectivity index (χ1) is 11.9. The Kier molecular flexibility index (Phi) is 6.72. The van der Waals surface area contributed by atoms with Crippen molar-refractivity contribution in [2.45, 2.75) is 32.4 Å². The van der Waals surface area contributed by atoms with Crippen molar-refractivity contribution in [3.63, 3.8) is 0 Å². The summed E-state index contributed by atoms with van der Waals surface area (Å²) < 4.78 is 5.26. The molecule has 2 rings (SSSR count). The Hall–Kier alpha value is -1.73. The zero-order valence-electron chi connectivity index (χ0n) is 14.8. The number of aliphatic imine (C=N–C) groups is 1. The van der Waals surface area contributed by atoms with Gasteiger partial charge in [-0.3, -0.25) is 19.5 Å². The van der Waals surface area contributed by atoms with Gasteiger partial charge in [0.15, 0.2) is 5.17 Å². The maximum Gasteiger partial charge on any atom is 0.242 e. The van der Waals surface area contributed by atoms with Crippen LogP contribution in [0, 0.1) is 6.92 Å². The van der Waals surface area contributed by atoms with E-state index >= 15 is 0 Å². The smallest absolute Gasteiger partial charge is 0.242 e. The molecule has 6 nitrogen and oxygen atoms in total. The molecular weight excluding hydrogens is 362 g/mol. The molecule has 0 spiro atoms. The normalized spacial score (nSPS) is 18.8. The number of rotatable bonds is 6. The number of carbonyl (C=O) groups is 2. The van der Waals surface area contributed by atoms with Crippen LogP contribution in [0.25, 0.3) is 0 Å². The zero-order valence-corrected chi connectivity index (χ0v) is 16.3. The van der Waals surface area contributed by atoms with Crippen LogP contribution in [0.2, 0.25) is 5.02 Å². The molecule has 136 valence electrons. The number of nitrogens with zero attached hydrogens (tertiary/aromatic N) is 2. The van der Waals surface area contributed by atoms with Crippen molar-refractivity contribution in [3.8, 4) is 5.75 Å². The fraction of sp³-hybridized carbons (Fsp3) is 0.471. The highest BCUT2D eigenvalue weighted by molar-refractivity contribution is 8.15. The Morgan fingerprint density at radius 2 is 2.16 bits per heavy atom. The maximum absolute atomic E-state index is 12.4. The van der Waals surface area contributed by atoms with Crippen LogP contribution in [0.15, 0.2) is 17.1 Å². The second-order valence-electron chi connectivity index (χ2n) is 5.50. The highest BCUT2D eigenvalue weighted by Gasteiger charge is 2.38. The first-order valence-electron chi connectivity index (χ1n) is 8.07. The Morgan fingerprint density at radius 3 is 2.76 bits per heavy atom. The molecule has 8 heteroatoms. The van der Waals surface area contributed by atoms with Gasteiger partial charge >= 0.3 is 0 Å². The second kappa shape index (κ2) is 8.58. The number of halogens is 1. The average Bonchev–Trinajstić information content (AvgIpc) is 2.86. The van der Waals surface area contributed by atoms with Crippen LogP contribution in [0.3, 0.4) is 0 Å². The Labute approximate surface area is 157 Å². The van der Waals surface area contributed by atoms with Crippen molar-refractivity contribution in [2.75, 3.05) is 25.5 Å². The Balaban J connectivity index is 2.10. The molecule has 2 amide bonds. The monoisotopic (exact) mass is 383 g/mol. The predicted molar refractivity (Wildman–Crippen MR) is 103 cm³/mol. The third-order valence-electron chi connectivity index (χ3n) is 3.76. The number of hydrogen-bond donors (Lipinski definition) is 1. The molecule has 1 atom stereocenters. The van der Waals surface area contributed by atoms with E-state index in [9.17, 15) is 9.59 Å². The van der Waals surface area contributed by atoms with Crippen LogP contribution >= 0.6 is 23.4 Å². The number of aryl methyl sites for hydroxylation is 1. The van der Waals surface area contributed by atoms with Crippen molar-refractivity contribution in [1.29, 1.82) is 0 Å². The summed E-state index contributed by atoms with van der Waals surface area (Å²) in [6.45, 7) is 6.81. The van der Waals surface area contributed by atoms with E-state index in [0.29, 0.717) is 34.7 Å². The van der Waals surface area contributed by atoms with Crippen LogP contribution < -0.4 is 10.1 Å². The summed E-state index contributed by atoms with van der Waals surface area (Å²) in [4.78, 5) is 30.8. The number of amides is 2. The highest BCUT2D eigenvalue weighted by atomic mass is 35.5. The van der Waals surface area contributed by atoms with Gasteiger partial charge in [0.2, 0.25) is 11.8 Å². The number of amidine groups is 1. The number of methoxy groups -OCH3 is 1. The van der Waals surface area contributed by atoms with E-state index in [-0.39, 0.29) is 18.2 Å². The summed E-state index contributed by atoms with van der Waals surface area (Å²) in [5, 5.41) is 3.61. The van der Waals surface area contributed by atoms with Gasteiger partial charge < -0.3 is 10.1 Å². The SMILES string of the molecule is CCN=C1S[C@H](CC(=O)Nc2cc(C)c(Cl)cc2OC)C(=O)N1CC. The minimum Gasteiger partial charge on any atom is -0.495 e. The van der Waals surface area contributed by atoms with Gasteiger partial charge in [0.1, 0.15) is 11.0 Å². The molecule has 1 aliphatic heterocycles. The number of nitrogens with one attached hydrogen (secondary N) is 1. The minimum absolute atomic E-state index is 0.0749. The summed E-state index contributed by atoms with van der Waals surface area (Å²) in [5.74, 6) is 0.159. The molecule has 1 aliphatic rings. The van der Waals surface area contributed by atoms with E-state index in [4.69, 9.17) is 16.3 Å². The molecule has 1 heterocycles. The summed E-state index contributed by atoms with van der Waals surface area (Å²) in [7, 11) is 1.51. The molecule has 1 N–H and O–H groups in total. The van der Waals surface area contributed by atoms with E-state index in [0.717, 1.165) is 5.56 Å². The quantitative estimate of drug-likeness (QED) is 0.817. The number of thioether (sulfide) groups is 1. The molecule has 0 saturated carbocycles. The molecule has 0 radical (unpaired) electrons. The number of hydrogen-bond acceptors (Lipinski definition) is 5. The molecular formula is C17H22ClN3O3S.